The van der Waals surface area contributed by atoms with E-state index in [2.05, 4.69) is 22.4 Å². The normalized spacial score (nSPS) is 10.2. The number of amides is 1. The second-order valence-electron chi connectivity index (χ2n) is 7.03. The number of nitrogens with one attached hydrogen (secondary N) is 1. The third-order valence-electron chi connectivity index (χ3n) is 4.66. The van der Waals surface area contributed by atoms with Crippen LogP contribution in [0.3, 0.4) is 0 Å². The second kappa shape index (κ2) is 9.80. The number of aromatic nitrogens is 1. The molecule has 0 radical (unpaired) electrons. The lowest BCUT2D eigenvalue weighted by Gasteiger charge is -2.13. The summed E-state index contributed by atoms with van der Waals surface area (Å²) in [5, 5.41) is 22.7. The van der Waals surface area contributed by atoms with Crippen LogP contribution in [0.4, 0.5) is 11.5 Å². The summed E-state index contributed by atoms with van der Waals surface area (Å²) in [6, 6.07) is 19.3. The topological polar surface area (TPSA) is 116 Å². The van der Waals surface area contributed by atoms with Crippen molar-refractivity contribution >= 4 is 29.2 Å². The van der Waals surface area contributed by atoms with Crippen molar-refractivity contribution in [3.05, 3.63) is 70.8 Å². The average molecular weight is 428 g/mol. The number of nitrogens with zero attached hydrogens (tertiary/aromatic N) is 3. The van der Waals surface area contributed by atoms with Crippen LogP contribution in [0.1, 0.15) is 28.7 Å². The van der Waals surface area contributed by atoms with Gasteiger partial charge in [0.25, 0.3) is 0 Å². The average Bonchev–Trinajstić information content (AvgIpc) is 2.75. The van der Waals surface area contributed by atoms with Gasteiger partial charge in [0.15, 0.2) is 0 Å². The first kappa shape index (κ1) is 21.9. The van der Waals surface area contributed by atoms with Gasteiger partial charge < -0.3 is 11.1 Å². The zero-order valence-corrected chi connectivity index (χ0v) is 18.1. The van der Waals surface area contributed by atoms with Gasteiger partial charge in [-0.3, -0.25) is 4.79 Å². The number of anilines is 2. The van der Waals surface area contributed by atoms with Gasteiger partial charge in [0.05, 0.1) is 5.56 Å². The van der Waals surface area contributed by atoms with Crippen LogP contribution in [-0.2, 0) is 4.79 Å². The fraction of sp³-hybridized carbons (Fsp3) is 0.167. The first-order chi connectivity index (χ1) is 14.9. The number of nitrogens with two attached hydrogens (primary N) is 1. The summed E-state index contributed by atoms with van der Waals surface area (Å²) in [6.07, 6.45) is 0.241. The van der Waals surface area contributed by atoms with Gasteiger partial charge in [-0.1, -0.05) is 47.5 Å². The van der Waals surface area contributed by atoms with Crippen molar-refractivity contribution in [3.8, 4) is 23.3 Å². The number of benzene rings is 2. The van der Waals surface area contributed by atoms with E-state index in [0.717, 1.165) is 22.4 Å². The highest BCUT2D eigenvalue weighted by Crippen LogP contribution is 2.35. The van der Waals surface area contributed by atoms with E-state index >= 15 is 0 Å². The van der Waals surface area contributed by atoms with Crippen LogP contribution in [-0.4, -0.2) is 16.6 Å². The first-order valence-corrected chi connectivity index (χ1v) is 10.6. The third kappa shape index (κ3) is 5.22. The zero-order chi connectivity index (χ0) is 22.4. The van der Waals surface area contributed by atoms with Crippen molar-refractivity contribution in [1.29, 1.82) is 10.5 Å². The number of carbonyl (C=O) groups is 1. The highest BCUT2D eigenvalue weighted by atomic mass is 32.2. The zero-order valence-electron chi connectivity index (χ0n) is 17.3. The molecule has 7 heteroatoms. The van der Waals surface area contributed by atoms with E-state index in [-0.39, 0.29) is 23.7 Å². The molecule has 0 spiro atoms. The maximum Gasteiger partial charge on any atom is 0.225 e. The Balaban J connectivity index is 1.80. The van der Waals surface area contributed by atoms with Crippen LogP contribution in [0, 0.1) is 36.5 Å². The Morgan fingerprint density at radius 1 is 1.00 bits per heavy atom. The molecule has 2 aromatic carbocycles. The van der Waals surface area contributed by atoms with E-state index in [1.807, 2.05) is 62.4 Å². The van der Waals surface area contributed by atoms with E-state index in [1.165, 1.54) is 11.8 Å². The number of hydrogen-bond donors (Lipinski definition) is 2. The first-order valence-electron chi connectivity index (χ1n) is 9.63. The molecular formula is C24H21N5OS. The lowest BCUT2D eigenvalue weighted by Crippen LogP contribution is -2.12. The smallest absolute Gasteiger partial charge is 0.225 e. The molecule has 1 aromatic heterocycles. The predicted molar refractivity (Wildman–Crippen MR) is 123 cm³/mol. The van der Waals surface area contributed by atoms with Crippen molar-refractivity contribution < 1.29 is 4.79 Å². The molecule has 0 unspecified atom stereocenters. The molecule has 1 heterocycles. The Hall–Kier alpha value is -3.81. The van der Waals surface area contributed by atoms with Crippen molar-refractivity contribution in [2.45, 2.75) is 25.3 Å². The lowest BCUT2D eigenvalue weighted by molar-refractivity contribution is -0.115. The summed E-state index contributed by atoms with van der Waals surface area (Å²) in [7, 11) is 0. The largest absolute Gasteiger partial charge is 0.383 e. The lowest BCUT2D eigenvalue weighted by atomic mass is 9.96. The molecule has 6 nitrogen and oxygen atoms in total. The van der Waals surface area contributed by atoms with Crippen LogP contribution in [0.15, 0.2) is 53.6 Å². The molecule has 0 aliphatic rings. The molecule has 0 atom stereocenters. The molecule has 0 fully saturated rings. The van der Waals surface area contributed by atoms with Crippen LogP contribution in [0.25, 0.3) is 11.1 Å². The number of carbonyl (C=O) groups excluding carboxylic acids is 1. The second-order valence-corrected chi connectivity index (χ2v) is 8.11. The van der Waals surface area contributed by atoms with Gasteiger partial charge in [-0.2, -0.15) is 10.5 Å². The molecule has 31 heavy (non-hydrogen) atoms. The van der Waals surface area contributed by atoms with Crippen molar-refractivity contribution in [1.82, 2.24) is 4.98 Å². The van der Waals surface area contributed by atoms with E-state index in [1.54, 1.807) is 0 Å². The number of pyridine rings is 1. The summed E-state index contributed by atoms with van der Waals surface area (Å²) >= 11 is 1.27. The molecule has 3 N–H and O–H groups in total. The molecule has 0 aliphatic heterocycles. The minimum atomic E-state index is -0.129. The number of nitrogen functional groups attached to an aromatic ring is 1. The van der Waals surface area contributed by atoms with Gasteiger partial charge in [-0.15, -0.1) is 11.8 Å². The van der Waals surface area contributed by atoms with E-state index in [4.69, 9.17) is 5.73 Å². The minimum absolute atomic E-state index is 0.0729. The quantitative estimate of drug-likeness (QED) is 0.545. The Morgan fingerprint density at radius 2 is 1.58 bits per heavy atom. The van der Waals surface area contributed by atoms with E-state index in [9.17, 15) is 15.3 Å². The van der Waals surface area contributed by atoms with Crippen LogP contribution >= 0.6 is 11.8 Å². The number of nitriles is 2. The number of rotatable bonds is 6. The maximum atomic E-state index is 12.3. The molecule has 3 aromatic rings. The van der Waals surface area contributed by atoms with Gasteiger partial charge >= 0.3 is 0 Å². The Kier molecular flexibility index (Phi) is 6.92. The molecule has 1 amide bonds. The van der Waals surface area contributed by atoms with Crippen LogP contribution < -0.4 is 11.1 Å². The summed E-state index contributed by atoms with van der Waals surface area (Å²) in [5.41, 5.74) is 10.6. The summed E-state index contributed by atoms with van der Waals surface area (Å²) in [6.45, 7) is 3.94. The van der Waals surface area contributed by atoms with Crippen molar-refractivity contribution in [3.63, 3.8) is 0 Å². The number of hydrogen-bond acceptors (Lipinski definition) is 6. The van der Waals surface area contributed by atoms with Crippen molar-refractivity contribution in [2.75, 3.05) is 16.8 Å². The fourth-order valence-corrected chi connectivity index (χ4v) is 3.95. The maximum absolute atomic E-state index is 12.3. The van der Waals surface area contributed by atoms with Gasteiger partial charge in [-0.05, 0) is 31.5 Å². The molecule has 0 saturated carbocycles. The van der Waals surface area contributed by atoms with E-state index < -0.39 is 0 Å². The SMILES string of the molecule is Cc1ccc(NC(=O)CCSc2nc(N)c(C#N)c(-c3ccc(C)cc3)c2C#N)cc1. The van der Waals surface area contributed by atoms with Gasteiger partial charge in [0, 0.05) is 23.4 Å². The van der Waals surface area contributed by atoms with Gasteiger partial charge in [0.2, 0.25) is 5.91 Å². The van der Waals surface area contributed by atoms with Crippen molar-refractivity contribution in [2.24, 2.45) is 0 Å². The molecule has 3 rings (SSSR count). The number of thioether (sulfide) groups is 1. The molecule has 0 bridgehead atoms. The fourth-order valence-electron chi connectivity index (χ4n) is 3.01. The molecular weight excluding hydrogens is 406 g/mol. The third-order valence-corrected chi connectivity index (χ3v) is 5.64. The minimum Gasteiger partial charge on any atom is -0.383 e. The Bertz CT molecular complexity index is 1190. The molecule has 0 saturated heterocycles. The summed E-state index contributed by atoms with van der Waals surface area (Å²) < 4.78 is 0. The predicted octanol–water partition coefficient (Wildman–Crippen LogP) is 4.81. The standard InChI is InChI=1S/C24H21N5OS/c1-15-3-7-17(8-4-15)22-19(13-25)23(27)29-24(20(22)14-26)31-12-11-21(30)28-18-9-5-16(2)6-10-18/h3-10H,11-12H2,1-2H3,(H2,27,29)(H,28,30). The number of aryl methyl sites for hydroxylation is 2. The summed E-state index contributed by atoms with van der Waals surface area (Å²) in [5.74, 6) is 0.358. The monoisotopic (exact) mass is 427 g/mol. The highest BCUT2D eigenvalue weighted by molar-refractivity contribution is 7.99. The van der Waals surface area contributed by atoms with Crippen LogP contribution in [0.5, 0.6) is 0 Å². The van der Waals surface area contributed by atoms with Gasteiger partial charge in [-0.25, -0.2) is 4.98 Å². The van der Waals surface area contributed by atoms with Crippen LogP contribution in [0.2, 0.25) is 0 Å². The van der Waals surface area contributed by atoms with Gasteiger partial charge in [0.1, 0.15) is 28.5 Å². The Labute approximate surface area is 185 Å². The Morgan fingerprint density at radius 3 is 2.16 bits per heavy atom. The molecule has 0 aliphatic carbocycles. The molecule has 154 valence electrons. The summed E-state index contributed by atoms with van der Waals surface area (Å²) in [4.78, 5) is 16.5. The highest BCUT2D eigenvalue weighted by Gasteiger charge is 2.20. The van der Waals surface area contributed by atoms with E-state index in [0.29, 0.717) is 21.9 Å².